The molecule has 0 amide bonds. The molecule has 0 aliphatic heterocycles. The maximum atomic E-state index is 12.3. The van der Waals surface area contributed by atoms with Crippen molar-refractivity contribution >= 4 is 29.3 Å². The molecule has 0 unspecified atom stereocenters. The molecule has 30 heavy (non-hydrogen) atoms. The van der Waals surface area contributed by atoms with Crippen LogP contribution in [0.3, 0.4) is 0 Å². The van der Waals surface area contributed by atoms with E-state index in [4.69, 9.17) is 0 Å². The van der Waals surface area contributed by atoms with E-state index in [0.717, 1.165) is 54.4 Å². The molecule has 0 radical (unpaired) electrons. The highest BCUT2D eigenvalue weighted by Gasteiger charge is 2.26. The third kappa shape index (κ3) is 3.59. The maximum absolute atomic E-state index is 12.3. The van der Waals surface area contributed by atoms with Gasteiger partial charge in [-0.1, -0.05) is 6.92 Å². The number of H-pyrrole nitrogens is 1. The van der Waals surface area contributed by atoms with Gasteiger partial charge in [-0.05, 0) is 56.0 Å². The minimum absolute atomic E-state index is 0. The van der Waals surface area contributed by atoms with E-state index >= 15 is 0 Å². The van der Waals surface area contributed by atoms with Crippen LogP contribution in [0.15, 0.2) is 23.0 Å². The number of pyridine rings is 1. The molecule has 4 rings (SSSR count). The van der Waals surface area contributed by atoms with E-state index in [-0.39, 0.29) is 12.4 Å². The molecule has 0 bridgehead atoms. The molecule has 3 aromatic rings. The lowest BCUT2D eigenvalue weighted by Gasteiger charge is -2.13. The topological polar surface area (TPSA) is 107 Å². The standard InChI is InChI=1S/C22H25N3O4.ClH/c1-3-7-23-11-14-8-13-9-16-12(10-17(13)25(14)2)5-4-6-15-19(16)24-21(27)18(20(15)26)22(28)29;/h8-10,23H,3-7,11H2,1-2H3,(H,28,29)(H2,24,26,27);1H. The number of nitrogens with zero attached hydrogens (tertiary/aromatic N) is 1. The Balaban J connectivity index is 0.00000256. The van der Waals surface area contributed by atoms with E-state index in [1.165, 1.54) is 5.69 Å². The number of hydrogen-bond donors (Lipinski definition) is 4. The van der Waals surface area contributed by atoms with Crippen molar-refractivity contribution in [1.29, 1.82) is 0 Å². The Morgan fingerprint density at radius 2 is 2.03 bits per heavy atom. The third-order valence-corrected chi connectivity index (χ3v) is 5.75. The Morgan fingerprint density at radius 1 is 1.27 bits per heavy atom. The highest BCUT2D eigenvalue weighted by atomic mass is 35.5. The van der Waals surface area contributed by atoms with E-state index in [1.807, 2.05) is 6.07 Å². The predicted molar refractivity (Wildman–Crippen MR) is 119 cm³/mol. The van der Waals surface area contributed by atoms with Gasteiger partial charge in [-0.2, -0.15) is 0 Å². The lowest BCUT2D eigenvalue weighted by molar-refractivity contribution is 0.0691. The first-order valence-electron chi connectivity index (χ1n) is 9.96. The number of aryl methyl sites for hydroxylation is 2. The number of carboxylic acids is 1. The van der Waals surface area contributed by atoms with Gasteiger partial charge in [-0.15, -0.1) is 12.4 Å². The van der Waals surface area contributed by atoms with Crippen molar-refractivity contribution in [3.05, 3.63) is 50.9 Å². The van der Waals surface area contributed by atoms with Crippen molar-refractivity contribution in [3.8, 4) is 17.0 Å². The number of halogens is 1. The van der Waals surface area contributed by atoms with Gasteiger partial charge in [0.25, 0.3) is 5.56 Å². The largest absolute Gasteiger partial charge is 0.506 e. The summed E-state index contributed by atoms with van der Waals surface area (Å²) in [5.41, 5.74) is 3.90. The average molecular weight is 432 g/mol. The second-order valence-electron chi connectivity index (χ2n) is 7.63. The first-order valence-corrected chi connectivity index (χ1v) is 9.96. The average Bonchev–Trinajstić information content (AvgIpc) is 2.86. The fourth-order valence-electron chi connectivity index (χ4n) is 4.24. The Morgan fingerprint density at radius 3 is 2.73 bits per heavy atom. The zero-order valence-electron chi connectivity index (χ0n) is 17.0. The number of aromatic hydroxyl groups is 1. The smallest absolute Gasteiger partial charge is 0.345 e. The first-order chi connectivity index (χ1) is 13.9. The second kappa shape index (κ2) is 8.53. The van der Waals surface area contributed by atoms with Crippen LogP contribution < -0.4 is 10.9 Å². The molecular weight excluding hydrogens is 406 g/mol. The van der Waals surface area contributed by atoms with E-state index < -0.39 is 22.8 Å². The lowest BCUT2D eigenvalue weighted by Crippen LogP contribution is -2.20. The summed E-state index contributed by atoms with van der Waals surface area (Å²) in [7, 11) is 2.05. The van der Waals surface area contributed by atoms with Gasteiger partial charge in [0, 0.05) is 41.3 Å². The van der Waals surface area contributed by atoms with Gasteiger partial charge in [0.1, 0.15) is 5.75 Å². The molecule has 1 aliphatic rings. The highest BCUT2D eigenvalue weighted by Crippen LogP contribution is 2.38. The zero-order chi connectivity index (χ0) is 20.7. The van der Waals surface area contributed by atoms with Crippen molar-refractivity contribution in [2.75, 3.05) is 6.54 Å². The summed E-state index contributed by atoms with van der Waals surface area (Å²) in [6.45, 7) is 3.87. The molecule has 1 aliphatic carbocycles. The molecule has 8 heteroatoms. The van der Waals surface area contributed by atoms with Crippen molar-refractivity contribution in [2.24, 2.45) is 7.05 Å². The summed E-state index contributed by atoms with van der Waals surface area (Å²) in [5.74, 6) is -1.83. The molecule has 0 saturated heterocycles. The molecule has 4 N–H and O–H groups in total. The highest BCUT2D eigenvalue weighted by molar-refractivity contribution is 5.93. The molecule has 2 heterocycles. The summed E-state index contributed by atoms with van der Waals surface area (Å²) in [4.78, 5) is 26.5. The van der Waals surface area contributed by atoms with E-state index in [2.05, 4.69) is 41.0 Å². The SMILES string of the molecule is CCCNCc1cc2cc3c(cc2n1C)CCCc1c-3[nH]c(=O)c(C(=O)O)c1O.Cl. The number of aromatic amines is 1. The zero-order valence-corrected chi connectivity index (χ0v) is 17.9. The predicted octanol–water partition coefficient (Wildman–Crippen LogP) is 3.35. The van der Waals surface area contributed by atoms with Crippen molar-refractivity contribution in [2.45, 2.75) is 39.2 Å². The van der Waals surface area contributed by atoms with Gasteiger partial charge in [0.15, 0.2) is 5.56 Å². The molecule has 2 aromatic heterocycles. The maximum Gasteiger partial charge on any atom is 0.345 e. The Bertz CT molecular complexity index is 1180. The molecular formula is C22H26ClN3O4. The minimum atomic E-state index is -1.42. The van der Waals surface area contributed by atoms with Crippen LogP contribution in [0.5, 0.6) is 5.75 Å². The fourth-order valence-corrected chi connectivity index (χ4v) is 4.24. The lowest BCUT2D eigenvalue weighted by atomic mass is 9.98. The van der Waals surface area contributed by atoms with Gasteiger partial charge >= 0.3 is 5.97 Å². The number of nitrogens with one attached hydrogen (secondary N) is 2. The van der Waals surface area contributed by atoms with Crippen LogP contribution in [-0.4, -0.2) is 32.3 Å². The van der Waals surface area contributed by atoms with Crippen LogP contribution in [0.2, 0.25) is 0 Å². The molecule has 0 saturated carbocycles. The summed E-state index contributed by atoms with van der Waals surface area (Å²) >= 11 is 0. The quantitative estimate of drug-likeness (QED) is 0.463. The minimum Gasteiger partial charge on any atom is -0.506 e. The number of carboxylic acid groups (broad SMARTS) is 1. The van der Waals surface area contributed by atoms with Crippen LogP contribution in [0.1, 0.15) is 46.9 Å². The number of carbonyl (C=O) groups is 1. The number of fused-ring (bicyclic) bond motifs is 4. The summed E-state index contributed by atoms with van der Waals surface area (Å²) < 4.78 is 2.18. The van der Waals surface area contributed by atoms with Gasteiger partial charge in [-0.25, -0.2) is 4.79 Å². The number of rotatable bonds is 5. The van der Waals surface area contributed by atoms with E-state index in [1.54, 1.807) is 0 Å². The van der Waals surface area contributed by atoms with Crippen molar-refractivity contribution < 1.29 is 15.0 Å². The summed E-state index contributed by atoms with van der Waals surface area (Å²) in [6, 6.07) is 6.31. The van der Waals surface area contributed by atoms with Gasteiger partial charge < -0.3 is 25.1 Å². The Labute approximate surface area is 180 Å². The number of benzene rings is 1. The van der Waals surface area contributed by atoms with E-state index in [9.17, 15) is 19.8 Å². The van der Waals surface area contributed by atoms with Gasteiger partial charge in [-0.3, -0.25) is 4.79 Å². The van der Waals surface area contributed by atoms with Crippen LogP contribution in [-0.2, 0) is 26.4 Å². The monoisotopic (exact) mass is 431 g/mol. The molecule has 1 aromatic carbocycles. The number of aromatic carboxylic acids is 1. The molecule has 0 fully saturated rings. The van der Waals surface area contributed by atoms with Crippen LogP contribution in [0, 0.1) is 0 Å². The second-order valence-corrected chi connectivity index (χ2v) is 7.63. The third-order valence-electron chi connectivity index (χ3n) is 5.75. The van der Waals surface area contributed by atoms with Crippen LogP contribution in [0.25, 0.3) is 22.2 Å². The van der Waals surface area contributed by atoms with Crippen LogP contribution >= 0.6 is 12.4 Å². The summed E-state index contributed by atoms with van der Waals surface area (Å²) in [6.07, 6.45) is 3.14. The molecule has 0 spiro atoms. The van der Waals surface area contributed by atoms with E-state index in [0.29, 0.717) is 17.7 Å². The molecule has 160 valence electrons. The van der Waals surface area contributed by atoms with Crippen LogP contribution in [0.4, 0.5) is 0 Å². The molecule has 7 nitrogen and oxygen atoms in total. The van der Waals surface area contributed by atoms with Crippen molar-refractivity contribution in [3.63, 3.8) is 0 Å². The van der Waals surface area contributed by atoms with Gasteiger partial charge in [0.2, 0.25) is 0 Å². The normalized spacial score (nSPS) is 12.7. The Kier molecular flexibility index (Phi) is 6.24. The fraction of sp³-hybridized carbons (Fsp3) is 0.364. The first kappa shape index (κ1) is 21.9. The Hall–Kier alpha value is -2.77. The molecule has 0 atom stereocenters. The van der Waals surface area contributed by atoms with Crippen molar-refractivity contribution in [1.82, 2.24) is 14.9 Å². The number of hydrogen-bond acceptors (Lipinski definition) is 4. The van der Waals surface area contributed by atoms with Gasteiger partial charge in [0.05, 0.1) is 5.69 Å². The number of aromatic nitrogens is 2. The summed E-state index contributed by atoms with van der Waals surface area (Å²) in [5, 5.41) is 24.3.